The Bertz CT molecular complexity index is 503. The van der Waals surface area contributed by atoms with Crippen LogP contribution in [0, 0.1) is 5.41 Å². The Labute approximate surface area is 112 Å². The van der Waals surface area contributed by atoms with Gasteiger partial charge in [-0.1, -0.05) is 25.4 Å². The fourth-order valence-electron chi connectivity index (χ4n) is 2.78. The van der Waals surface area contributed by atoms with Crippen molar-refractivity contribution in [2.75, 3.05) is 6.61 Å². The van der Waals surface area contributed by atoms with Crippen molar-refractivity contribution in [3.05, 3.63) is 11.7 Å². The first kappa shape index (κ1) is 12.6. The van der Waals surface area contributed by atoms with Gasteiger partial charge in [-0.05, 0) is 31.6 Å². The number of aromatic nitrogens is 2. The third kappa shape index (κ3) is 1.86. The number of rotatable bonds is 4. The molecule has 2 fully saturated rings. The van der Waals surface area contributed by atoms with Crippen LogP contribution in [0.25, 0.3) is 0 Å². The monoisotopic (exact) mass is 264 g/mol. The summed E-state index contributed by atoms with van der Waals surface area (Å²) in [5, 5.41) is 4.07. The van der Waals surface area contributed by atoms with Crippen molar-refractivity contribution in [1.29, 1.82) is 0 Å². The molecule has 1 aromatic rings. The Morgan fingerprint density at radius 1 is 1.47 bits per heavy atom. The number of nitrogens with zero attached hydrogens (tertiary/aromatic N) is 2. The summed E-state index contributed by atoms with van der Waals surface area (Å²) in [5.74, 6) is 1.35. The van der Waals surface area contributed by atoms with Gasteiger partial charge in [-0.15, -0.1) is 0 Å². The first-order valence-corrected chi connectivity index (χ1v) is 7.01. The molecular weight excluding hydrogens is 244 g/mol. The highest BCUT2D eigenvalue weighted by Crippen LogP contribution is 2.58. The van der Waals surface area contributed by atoms with Crippen LogP contribution in [0.15, 0.2) is 4.52 Å². The van der Waals surface area contributed by atoms with Crippen molar-refractivity contribution in [2.24, 2.45) is 5.41 Å². The fraction of sp³-hybridized carbons (Fsp3) is 0.786. The van der Waals surface area contributed by atoms with E-state index >= 15 is 0 Å². The second-order valence-corrected chi connectivity index (χ2v) is 6.36. The molecule has 5 heteroatoms. The van der Waals surface area contributed by atoms with Crippen LogP contribution in [0.4, 0.5) is 0 Å². The summed E-state index contributed by atoms with van der Waals surface area (Å²) in [4.78, 5) is 16.6. The minimum atomic E-state index is -0.666. The number of hydrogen-bond donors (Lipinski definition) is 0. The standard InChI is InChI=1S/C14H20N2O3/c1-4-18-12(17)14(6-5-7-14)11-15-10(16-19-11)9-8-13(9,2)3/h9H,4-8H2,1-3H3. The van der Waals surface area contributed by atoms with Gasteiger partial charge in [-0.2, -0.15) is 4.98 Å². The van der Waals surface area contributed by atoms with Gasteiger partial charge in [0.1, 0.15) is 5.41 Å². The third-order valence-electron chi connectivity index (χ3n) is 4.55. The summed E-state index contributed by atoms with van der Waals surface area (Å²) >= 11 is 0. The predicted octanol–water partition coefficient (Wildman–Crippen LogP) is 2.57. The maximum absolute atomic E-state index is 12.1. The molecule has 2 saturated carbocycles. The second-order valence-electron chi connectivity index (χ2n) is 6.36. The first-order chi connectivity index (χ1) is 8.99. The fourth-order valence-corrected chi connectivity index (χ4v) is 2.78. The number of carbonyl (C=O) groups excluding carboxylic acids is 1. The van der Waals surface area contributed by atoms with E-state index in [0.29, 0.717) is 18.4 Å². The molecule has 0 amide bonds. The van der Waals surface area contributed by atoms with Crippen molar-refractivity contribution in [3.8, 4) is 0 Å². The van der Waals surface area contributed by atoms with Gasteiger partial charge in [0.05, 0.1) is 6.61 Å². The Hall–Kier alpha value is -1.39. The Morgan fingerprint density at radius 3 is 2.63 bits per heavy atom. The van der Waals surface area contributed by atoms with E-state index in [9.17, 15) is 4.79 Å². The van der Waals surface area contributed by atoms with Crippen molar-refractivity contribution in [2.45, 2.75) is 57.8 Å². The summed E-state index contributed by atoms with van der Waals surface area (Å²) in [5.41, 5.74) is -0.405. The summed E-state index contributed by atoms with van der Waals surface area (Å²) in [7, 11) is 0. The predicted molar refractivity (Wildman–Crippen MR) is 67.6 cm³/mol. The lowest BCUT2D eigenvalue weighted by atomic mass is 9.68. The Kier molecular flexibility index (Phi) is 2.69. The molecule has 1 heterocycles. The summed E-state index contributed by atoms with van der Waals surface area (Å²) in [6.45, 7) is 6.59. The van der Waals surface area contributed by atoms with E-state index in [1.807, 2.05) is 6.92 Å². The molecule has 5 nitrogen and oxygen atoms in total. The highest BCUT2D eigenvalue weighted by molar-refractivity contribution is 5.83. The van der Waals surface area contributed by atoms with E-state index in [-0.39, 0.29) is 11.4 Å². The van der Waals surface area contributed by atoms with Crippen LogP contribution in [0.3, 0.4) is 0 Å². The molecule has 1 aromatic heterocycles. The molecule has 1 atom stereocenters. The van der Waals surface area contributed by atoms with E-state index in [0.717, 1.165) is 31.5 Å². The molecule has 1 unspecified atom stereocenters. The Balaban J connectivity index is 1.83. The molecule has 19 heavy (non-hydrogen) atoms. The van der Waals surface area contributed by atoms with Crippen LogP contribution >= 0.6 is 0 Å². The summed E-state index contributed by atoms with van der Waals surface area (Å²) in [6, 6.07) is 0. The average molecular weight is 264 g/mol. The smallest absolute Gasteiger partial charge is 0.321 e. The number of esters is 1. The van der Waals surface area contributed by atoms with Crippen LogP contribution < -0.4 is 0 Å². The molecule has 0 aromatic carbocycles. The second kappa shape index (κ2) is 4.05. The van der Waals surface area contributed by atoms with Crippen molar-refractivity contribution in [1.82, 2.24) is 10.1 Å². The molecule has 2 aliphatic carbocycles. The first-order valence-electron chi connectivity index (χ1n) is 7.01. The zero-order chi connectivity index (χ0) is 13.7. The van der Waals surface area contributed by atoms with E-state index in [1.165, 1.54) is 0 Å². The molecule has 0 saturated heterocycles. The van der Waals surface area contributed by atoms with E-state index in [1.54, 1.807) is 0 Å². The maximum atomic E-state index is 12.1. The molecule has 2 aliphatic rings. The molecule has 0 radical (unpaired) electrons. The highest BCUT2D eigenvalue weighted by Gasteiger charge is 2.54. The molecule has 3 rings (SSSR count). The number of ether oxygens (including phenoxy) is 1. The molecule has 0 aliphatic heterocycles. The van der Waals surface area contributed by atoms with Crippen LogP contribution in [0.1, 0.15) is 64.1 Å². The van der Waals surface area contributed by atoms with E-state index < -0.39 is 5.41 Å². The SMILES string of the molecule is CCOC(=O)C1(c2nc(C3CC3(C)C)no2)CCC1. The summed E-state index contributed by atoms with van der Waals surface area (Å²) in [6.07, 6.45) is 3.59. The lowest BCUT2D eigenvalue weighted by Crippen LogP contribution is -2.44. The molecule has 0 bridgehead atoms. The number of hydrogen-bond acceptors (Lipinski definition) is 5. The van der Waals surface area contributed by atoms with Gasteiger partial charge in [0, 0.05) is 5.92 Å². The van der Waals surface area contributed by atoms with Gasteiger partial charge in [-0.25, -0.2) is 0 Å². The van der Waals surface area contributed by atoms with Gasteiger partial charge >= 0.3 is 5.97 Å². The minimum absolute atomic E-state index is 0.216. The summed E-state index contributed by atoms with van der Waals surface area (Å²) < 4.78 is 10.5. The topological polar surface area (TPSA) is 65.2 Å². The van der Waals surface area contributed by atoms with Crippen LogP contribution in [-0.2, 0) is 14.9 Å². The lowest BCUT2D eigenvalue weighted by molar-refractivity contribution is -0.155. The molecule has 0 spiro atoms. The minimum Gasteiger partial charge on any atom is -0.465 e. The van der Waals surface area contributed by atoms with Gasteiger partial charge in [0.25, 0.3) is 0 Å². The van der Waals surface area contributed by atoms with Gasteiger partial charge < -0.3 is 9.26 Å². The highest BCUT2D eigenvalue weighted by atomic mass is 16.5. The van der Waals surface area contributed by atoms with Crippen LogP contribution in [0.2, 0.25) is 0 Å². The van der Waals surface area contributed by atoms with Gasteiger partial charge in [0.15, 0.2) is 5.82 Å². The zero-order valence-corrected chi connectivity index (χ0v) is 11.7. The van der Waals surface area contributed by atoms with Gasteiger partial charge in [0.2, 0.25) is 5.89 Å². The quantitative estimate of drug-likeness (QED) is 0.782. The molecule has 104 valence electrons. The average Bonchev–Trinajstić information content (AvgIpc) is 2.73. The van der Waals surface area contributed by atoms with Crippen LogP contribution in [0.5, 0.6) is 0 Å². The van der Waals surface area contributed by atoms with E-state index in [2.05, 4.69) is 24.0 Å². The molecular formula is C14H20N2O3. The lowest BCUT2D eigenvalue weighted by Gasteiger charge is -2.35. The maximum Gasteiger partial charge on any atom is 0.321 e. The van der Waals surface area contributed by atoms with E-state index in [4.69, 9.17) is 9.26 Å². The van der Waals surface area contributed by atoms with Crippen LogP contribution in [-0.4, -0.2) is 22.7 Å². The van der Waals surface area contributed by atoms with Crippen molar-refractivity contribution in [3.63, 3.8) is 0 Å². The van der Waals surface area contributed by atoms with Crippen molar-refractivity contribution >= 4 is 5.97 Å². The normalized spacial score (nSPS) is 26.6. The largest absolute Gasteiger partial charge is 0.465 e. The zero-order valence-electron chi connectivity index (χ0n) is 11.7. The number of carbonyl (C=O) groups is 1. The third-order valence-corrected chi connectivity index (χ3v) is 4.55. The van der Waals surface area contributed by atoms with Crippen molar-refractivity contribution < 1.29 is 14.1 Å². The Morgan fingerprint density at radius 2 is 2.16 bits per heavy atom. The molecule has 0 N–H and O–H groups in total. The van der Waals surface area contributed by atoms with Gasteiger partial charge in [-0.3, -0.25) is 4.79 Å².